The molecule has 1 aromatic carbocycles. The summed E-state index contributed by atoms with van der Waals surface area (Å²) >= 11 is 0. The van der Waals surface area contributed by atoms with Gasteiger partial charge in [0.15, 0.2) is 0 Å². The first kappa shape index (κ1) is 23.7. The van der Waals surface area contributed by atoms with Gasteiger partial charge in [0.25, 0.3) is 0 Å². The van der Waals surface area contributed by atoms with Crippen molar-refractivity contribution in [1.82, 2.24) is 0 Å². The highest BCUT2D eigenvalue weighted by Gasteiger charge is 2.47. The van der Waals surface area contributed by atoms with Gasteiger partial charge in [-0.25, -0.2) is 4.79 Å². The molecule has 0 bridgehead atoms. The van der Waals surface area contributed by atoms with Crippen LogP contribution in [0, 0.1) is 5.92 Å². The molecule has 1 aliphatic heterocycles. The zero-order valence-electron chi connectivity index (χ0n) is 20.8. The molecule has 0 saturated heterocycles. The van der Waals surface area contributed by atoms with E-state index < -0.39 is 5.60 Å². The second kappa shape index (κ2) is 8.18. The van der Waals surface area contributed by atoms with Crippen LogP contribution in [0.4, 0.5) is 0 Å². The van der Waals surface area contributed by atoms with E-state index in [0.717, 1.165) is 41.9 Å². The van der Waals surface area contributed by atoms with Crippen LogP contribution < -0.4 is 9.47 Å². The van der Waals surface area contributed by atoms with Gasteiger partial charge in [-0.1, -0.05) is 33.3 Å². The highest BCUT2D eigenvalue weighted by Crippen LogP contribution is 2.55. The van der Waals surface area contributed by atoms with E-state index in [1.807, 2.05) is 20.8 Å². The molecular weight excluding hydrogens is 388 g/mol. The molecule has 4 heteroatoms. The van der Waals surface area contributed by atoms with Gasteiger partial charge in [-0.2, -0.15) is 0 Å². The molecule has 0 aromatic heterocycles. The van der Waals surface area contributed by atoms with Crippen LogP contribution in [0.5, 0.6) is 11.5 Å². The Labute approximate surface area is 188 Å². The van der Waals surface area contributed by atoms with Gasteiger partial charge < -0.3 is 14.2 Å². The van der Waals surface area contributed by atoms with Crippen LogP contribution in [-0.2, 0) is 14.9 Å². The third-order valence-corrected chi connectivity index (χ3v) is 6.82. The Balaban J connectivity index is 2.05. The number of esters is 1. The number of allylic oxidation sites excluding steroid dienone is 1. The quantitative estimate of drug-likeness (QED) is 0.489. The topological polar surface area (TPSA) is 44.8 Å². The number of methoxy groups -OCH3 is 1. The molecule has 0 radical (unpaired) electrons. The van der Waals surface area contributed by atoms with Crippen molar-refractivity contribution in [2.75, 3.05) is 7.11 Å². The van der Waals surface area contributed by atoms with E-state index in [1.54, 1.807) is 7.11 Å². The first-order valence-corrected chi connectivity index (χ1v) is 11.6. The lowest BCUT2D eigenvalue weighted by Crippen LogP contribution is -2.46. The summed E-state index contributed by atoms with van der Waals surface area (Å²) in [5.41, 5.74) is 2.30. The minimum Gasteiger partial charge on any atom is -0.496 e. The van der Waals surface area contributed by atoms with Gasteiger partial charge in [-0.05, 0) is 77.0 Å². The highest BCUT2D eigenvalue weighted by atomic mass is 16.6. The fourth-order valence-electron chi connectivity index (χ4n) is 5.22. The molecule has 0 saturated carbocycles. The number of ether oxygens (including phenoxy) is 3. The van der Waals surface area contributed by atoms with Crippen LogP contribution >= 0.6 is 0 Å². The van der Waals surface area contributed by atoms with Crippen LogP contribution in [-0.4, -0.2) is 24.3 Å². The van der Waals surface area contributed by atoms with Crippen LogP contribution in [0.25, 0.3) is 0 Å². The molecule has 1 aromatic rings. The molecule has 1 aliphatic carbocycles. The molecule has 0 N–H and O–H groups in total. The summed E-state index contributed by atoms with van der Waals surface area (Å²) in [6.07, 6.45) is 5.70. The summed E-state index contributed by atoms with van der Waals surface area (Å²) in [6, 6.07) is 4.38. The molecule has 0 unspecified atom stereocenters. The van der Waals surface area contributed by atoms with E-state index in [0.29, 0.717) is 6.42 Å². The average molecular weight is 429 g/mol. The van der Waals surface area contributed by atoms with Crippen molar-refractivity contribution in [2.24, 2.45) is 5.92 Å². The second-order valence-electron chi connectivity index (χ2n) is 11.3. The smallest absolute Gasteiger partial charge is 0.334 e. The lowest BCUT2D eigenvalue weighted by Gasteiger charge is -2.47. The molecule has 3 rings (SSSR count). The van der Waals surface area contributed by atoms with Gasteiger partial charge in [0, 0.05) is 23.0 Å². The number of carbonyl (C=O) groups excluding carboxylic acids is 1. The van der Waals surface area contributed by atoms with Crippen LogP contribution in [0.3, 0.4) is 0 Å². The van der Waals surface area contributed by atoms with E-state index >= 15 is 0 Å². The van der Waals surface area contributed by atoms with Crippen molar-refractivity contribution in [3.63, 3.8) is 0 Å². The van der Waals surface area contributed by atoms with Gasteiger partial charge in [-0.15, -0.1) is 0 Å². The summed E-state index contributed by atoms with van der Waals surface area (Å²) in [4.78, 5) is 12.8. The predicted octanol–water partition coefficient (Wildman–Crippen LogP) is 6.71. The minimum atomic E-state index is -0.501. The largest absolute Gasteiger partial charge is 0.496 e. The molecule has 4 nitrogen and oxygen atoms in total. The molecular formula is C27H40O4. The Hall–Kier alpha value is -1.97. The van der Waals surface area contributed by atoms with Gasteiger partial charge in [0.05, 0.1) is 7.11 Å². The van der Waals surface area contributed by atoms with E-state index in [4.69, 9.17) is 14.2 Å². The Morgan fingerprint density at radius 1 is 1.19 bits per heavy atom. The summed E-state index contributed by atoms with van der Waals surface area (Å²) < 4.78 is 18.2. The SMILES string of the molecule is CCCC(C)(C)c1cc(OC)c2c(c1)OC(C)(C)[C@@H]1CC=C(C(=O)OC(C)(C)C)C[C@@H]21. The Bertz CT molecular complexity index is 870. The maximum atomic E-state index is 12.8. The zero-order chi connectivity index (χ0) is 23.2. The van der Waals surface area contributed by atoms with Crippen molar-refractivity contribution < 1.29 is 19.0 Å². The number of benzene rings is 1. The van der Waals surface area contributed by atoms with Gasteiger partial charge in [-0.3, -0.25) is 0 Å². The molecule has 31 heavy (non-hydrogen) atoms. The number of hydrogen-bond donors (Lipinski definition) is 0. The maximum Gasteiger partial charge on any atom is 0.334 e. The summed E-state index contributed by atoms with van der Waals surface area (Å²) in [7, 11) is 1.73. The van der Waals surface area contributed by atoms with E-state index in [9.17, 15) is 4.79 Å². The van der Waals surface area contributed by atoms with Crippen LogP contribution in [0.1, 0.15) is 98.1 Å². The summed E-state index contributed by atoms with van der Waals surface area (Å²) in [5.74, 6) is 1.98. The Morgan fingerprint density at radius 3 is 2.45 bits per heavy atom. The molecule has 0 fully saturated rings. The average Bonchev–Trinajstić information content (AvgIpc) is 2.64. The molecule has 1 heterocycles. The monoisotopic (exact) mass is 428 g/mol. The van der Waals surface area contributed by atoms with Gasteiger partial charge >= 0.3 is 5.97 Å². The minimum absolute atomic E-state index is 0.0373. The lowest BCUT2D eigenvalue weighted by atomic mass is 9.66. The number of hydrogen-bond acceptors (Lipinski definition) is 4. The third kappa shape index (κ3) is 4.78. The predicted molar refractivity (Wildman–Crippen MR) is 125 cm³/mol. The molecule has 0 spiro atoms. The second-order valence-corrected chi connectivity index (χ2v) is 11.3. The number of fused-ring (bicyclic) bond motifs is 3. The van der Waals surface area contributed by atoms with Crippen molar-refractivity contribution in [3.8, 4) is 11.5 Å². The molecule has 2 atom stereocenters. The number of rotatable bonds is 5. The maximum absolute atomic E-state index is 12.8. The summed E-state index contributed by atoms with van der Waals surface area (Å²) in [5, 5.41) is 0. The fraction of sp³-hybridized carbons (Fsp3) is 0.667. The van der Waals surface area contributed by atoms with Crippen LogP contribution in [0.2, 0.25) is 0 Å². The highest BCUT2D eigenvalue weighted by molar-refractivity contribution is 5.89. The summed E-state index contributed by atoms with van der Waals surface area (Å²) in [6.45, 7) is 16.8. The normalized spacial score (nSPS) is 22.5. The van der Waals surface area contributed by atoms with Crippen molar-refractivity contribution >= 4 is 5.97 Å². The number of carbonyl (C=O) groups is 1. The van der Waals surface area contributed by atoms with E-state index in [1.165, 1.54) is 5.56 Å². The van der Waals surface area contributed by atoms with Gasteiger partial charge in [0.1, 0.15) is 22.7 Å². The Morgan fingerprint density at radius 2 is 1.87 bits per heavy atom. The first-order chi connectivity index (χ1) is 14.3. The van der Waals surface area contributed by atoms with Crippen molar-refractivity contribution in [3.05, 3.63) is 34.9 Å². The molecule has 172 valence electrons. The standard InChI is InChI=1S/C27H40O4/c1-10-13-26(5,6)18-15-21(29-9)23-19-14-17(24(28)31-25(2,3)4)11-12-20(19)27(7,8)30-22(23)16-18/h11,15-16,19-20H,10,12-14H2,1-9H3/t19-,20-/m1/s1. The Kier molecular flexibility index (Phi) is 6.25. The van der Waals surface area contributed by atoms with Crippen LogP contribution in [0.15, 0.2) is 23.8 Å². The lowest BCUT2D eigenvalue weighted by molar-refractivity contribution is -0.150. The molecule has 2 aliphatic rings. The zero-order valence-corrected chi connectivity index (χ0v) is 20.8. The van der Waals surface area contributed by atoms with E-state index in [2.05, 4.69) is 52.8 Å². The van der Waals surface area contributed by atoms with Gasteiger partial charge in [0.2, 0.25) is 0 Å². The fourth-order valence-corrected chi connectivity index (χ4v) is 5.22. The van der Waals surface area contributed by atoms with E-state index in [-0.39, 0.29) is 28.8 Å². The first-order valence-electron chi connectivity index (χ1n) is 11.6. The molecule has 0 amide bonds. The third-order valence-electron chi connectivity index (χ3n) is 6.82. The van der Waals surface area contributed by atoms with Crippen molar-refractivity contribution in [2.45, 2.75) is 104 Å². The van der Waals surface area contributed by atoms with Crippen molar-refractivity contribution in [1.29, 1.82) is 0 Å².